The number of hydrogen-bond donors (Lipinski definition) is 1. The fourth-order valence-electron chi connectivity index (χ4n) is 2.90. The zero-order chi connectivity index (χ0) is 19.0. The summed E-state index contributed by atoms with van der Waals surface area (Å²) in [5.74, 6) is -0.533. The molecule has 0 radical (unpaired) electrons. The summed E-state index contributed by atoms with van der Waals surface area (Å²) in [7, 11) is 0. The third-order valence-corrected chi connectivity index (χ3v) is 5.04. The lowest BCUT2D eigenvalue weighted by Crippen LogP contribution is -2.33. The molecule has 26 heavy (non-hydrogen) atoms. The summed E-state index contributed by atoms with van der Waals surface area (Å²) in [6.45, 7) is 8.05. The van der Waals surface area contributed by atoms with Gasteiger partial charge in [-0.1, -0.05) is 49.7 Å². The summed E-state index contributed by atoms with van der Waals surface area (Å²) in [6.07, 6.45) is 0. The fourth-order valence-corrected chi connectivity index (χ4v) is 3.12. The highest BCUT2D eigenvalue weighted by Gasteiger charge is 2.39. The molecule has 1 N–H and O–H groups in total. The van der Waals surface area contributed by atoms with Crippen molar-refractivity contribution in [1.29, 1.82) is 0 Å². The molecular weight excluding hydrogens is 348 g/mol. The number of halogens is 1. The molecule has 0 saturated carbocycles. The normalized spacial score (nSPS) is 14.6. The average Bonchev–Trinajstić information content (AvgIpc) is 2.82. The molecule has 0 fully saturated rings. The summed E-state index contributed by atoms with van der Waals surface area (Å²) < 4.78 is 0. The summed E-state index contributed by atoms with van der Waals surface area (Å²) in [5.41, 5.74) is 4.46. The van der Waals surface area contributed by atoms with Crippen LogP contribution >= 0.6 is 11.6 Å². The minimum Gasteiger partial charge on any atom is -0.350 e. The lowest BCUT2D eigenvalue weighted by Gasteiger charge is -2.18. The molecular formula is C21H21ClN2O2. The Balaban J connectivity index is 1.90. The number of nitrogens with one attached hydrogen (secondary N) is 1. The fraction of sp³-hybridized carbons (Fsp3) is 0.238. The van der Waals surface area contributed by atoms with Crippen molar-refractivity contribution in [3.63, 3.8) is 0 Å². The first-order valence-corrected chi connectivity index (χ1v) is 8.90. The predicted molar refractivity (Wildman–Crippen MR) is 105 cm³/mol. The molecule has 134 valence electrons. The van der Waals surface area contributed by atoms with E-state index in [1.165, 1.54) is 5.56 Å². The van der Waals surface area contributed by atoms with Gasteiger partial charge in [0, 0.05) is 5.69 Å². The Kier molecular flexibility index (Phi) is 4.88. The molecule has 1 aliphatic rings. The summed E-state index contributed by atoms with van der Waals surface area (Å²) in [5, 5.41) is 2.91. The maximum absolute atomic E-state index is 12.9. The molecule has 0 bridgehead atoms. The highest BCUT2D eigenvalue weighted by Crippen LogP contribution is 2.33. The van der Waals surface area contributed by atoms with Gasteiger partial charge in [-0.3, -0.25) is 9.59 Å². The molecule has 0 unspecified atom stereocenters. The van der Waals surface area contributed by atoms with Crippen molar-refractivity contribution in [3.8, 4) is 0 Å². The van der Waals surface area contributed by atoms with Crippen molar-refractivity contribution in [2.45, 2.75) is 33.6 Å². The lowest BCUT2D eigenvalue weighted by atomic mass is 10.0. The first kappa shape index (κ1) is 18.2. The Morgan fingerprint density at radius 2 is 1.62 bits per heavy atom. The van der Waals surface area contributed by atoms with Crippen molar-refractivity contribution in [1.82, 2.24) is 0 Å². The number of carbonyl (C=O) groups is 2. The van der Waals surface area contributed by atoms with E-state index in [0.29, 0.717) is 17.3 Å². The topological polar surface area (TPSA) is 49.4 Å². The Morgan fingerprint density at radius 3 is 2.23 bits per heavy atom. The molecule has 0 saturated heterocycles. The van der Waals surface area contributed by atoms with Gasteiger partial charge in [-0.05, 0) is 54.7 Å². The van der Waals surface area contributed by atoms with Gasteiger partial charge in [0.05, 0.1) is 5.69 Å². The van der Waals surface area contributed by atoms with Crippen molar-refractivity contribution in [2.75, 3.05) is 10.2 Å². The number of anilines is 2. The second-order valence-corrected chi connectivity index (χ2v) is 7.13. The molecule has 0 aliphatic carbocycles. The Hall–Kier alpha value is -2.59. The van der Waals surface area contributed by atoms with Crippen LogP contribution in [0.15, 0.2) is 53.2 Å². The molecule has 0 aromatic heterocycles. The van der Waals surface area contributed by atoms with Crippen LogP contribution in [0, 0.1) is 13.8 Å². The van der Waals surface area contributed by atoms with Gasteiger partial charge < -0.3 is 5.32 Å². The maximum Gasteiger partial charge on any atom is 0.283 e. The smallest absolute Gasteiger partial charge is 0.283 e. The van der Waals surface area contributed by atoms with Gasteiger partial charge in [0.2, 0.25) is 0 Å². The third-order valence-electron chi connectivity index (χ3n) is 4.69. The molecule has 2 amide bonds. The SMILES string of the molecule is Cc1cccc(N2C(=O)C(Cl)=C(Nc3ccc(C(C)C)cc3)C2=O)c1C. The highest BCUT2D eigenvalue weighted by molar-refractivity contribution is 6.53. The largest absolute Gasteiger partial charge is 0.350 e. The molecule has 2 aromatic carbocycles. The molecule has 0 atom stereocenters. The minimum atomic E-state index is -0.508. The first-order chi connectivity index (χ1) is 12.3. The average molecular weight is 369 g/mol. The number of rotatable bonds is 4. The van der Waals surface area contributed by atoms with Crippen molar-refractivity contribution >= 4 is 34.8 Å². The molecule has 4 nitrogen and oxygen atoms in total. The molecule has 3 rings (SSSR count). The van der Waals surface area contributed by atoms with Gasteiger partial charge in [-0.25, -0.2) is 4.90 Å². The van der Waals surface area contributed by atoms with Crippen LogP contribution < -0.4 is 10.2 Å². The van der Waals surface area contributed by atoms with Crippen molar-refractivity contribution < 1.29 is 9.59 Å². The number of hydrogen-bond acceptors (Lipinski definition) is 3. The van der Waals surface area contributed by atoms with Crippen LogP contribution in [0.3, 0.4) is 0 Å². The van der Waals surface area contributed by atoms with E-state index in [9.17, 15) is 9.59 Å². The number of aryl methyl sites for hydroxylation is 1. The van der Waals surface area contributed by atoms with Gasteiger partial charge in [-0.2, -0.15) is 0 Å². The highest BCUT2D eigenvalue weighted by atomic mass is 35.5. The minimum absolute atomic E-state index is 0.0937. The van der Waals surface area contributed by atoms with Crippen molar-refractivity contribution in [3.05, 3.63) is 69.9 Å². The van der Waals surface area contributed by atoms with Gasteiger partial charge in [0.1, 0.15) is 10.7 Å². The number of amides is 2. The molecule has 1 aliphatic heterocycles. The van der Waals surface area contributed by atoms with E-state index in [2.05, 4.69) is 19.2 Å². The van der Waals surface area contributed by atoms with Gasteiger partial charge in [0.15, 0.2) is 0 Å². The summed E-state index contributed by atoms with van der Waals surface area (Å²) in [4.78, 5) is 26.6. The van der Waals surface area contributed by atoms with E-state index in [4.69, 9.17) is 11.6 Å². The van der Waals surface area contributed by atoms with Gasteiger partial charge in [-0.15, -0.1) is 0 Å². The lowest BCUT2D eigenvalue weighted by molar-refractivity contribution is -0.120. The quantitative estimate of drug-likeness (QED) is 0.784. The predicted octanol–water partition coefficient (Wildman–Crippen LogP) is 4.86. The van der Waals surface area contributed by atoms with Gasteiger partial charge >= 0.3 is 0 Å². The Morgan fingerprint density at radius 1 is 0.962 bits per heavy atom. The molecule has 1 heterocycles. The molecule has 0 spiro atoms. The third kappa shape index (κ3) is 3.13. The zero-order valence-corrected chi connectivity index (χ0v) is 16.0. The van der Waals surface area contributed by atoms with E-state index in [-0.39, 0.29) is 10.7 Å². The number of imide groups is 1. The monoisotopic (exact) mass is 368 g/mol. The maximum atomic E-state index is 12.9. The Bertz CT molecular complexity index is 914. The number of nitrogens with zero attached hydrogens (tertiary/aromatic N) is 1. The van der Waals surface area contributed by atoms with E-state index in [1.807, 2.05) is 50.2 Å². The van der Waals surface area contributed by atoms with E-state index < -0.39 is 11.8 Å². The Labute approximate surface area is 158 Å². The number of benzene rings is 2. The van der Waals surface area contributed by atoms with Crippen LogP contribution in [-0.4, -0.2) is 11.8 Å². The summed E-state index contributed by atoms with van der Waals surface area (Å²) >= 11 is 6.20. The van der Waals surface area contributed by atoms with Gasteiger partial charge in [0.25, 0.3) is 11.8 Å². The van der Waals surface area contributed by atoms with Crippen LogP contribution in [0.4, 0.5) is 11.4 Å². The number of carbonyl (C=O) groups excluding carboxylic acids is 2. The first-order valence-electron chi connectivity index (χ1n) is 8.53. The standard InChI is InChI=1S/C21H21ClN2O2/c1-12(2)15-8-10-16(11-9-15)23-19-18(22)20(25)24(21(19)26)17-7-5-6-13(3)14(17)4/h5-12,23H,1-4H3. The molecule has 5 heteroatoms. The zero-order valence-electron chi connectivity index (χ0n) is 15.3. The van der Waals surface area contributed by atoms with Crippen molar-refractivity contribution in [2.24, 2.45) is 0 Å². The van der Waals surface area contributed by atoms with E-state index >= 15 is 0 Å². The van der Waals surface area contributed by atoms with Crippen LogP contribution in [-0.2, 0) is 9.59 Å². The van der Waals surface area contributed by atoms with E-state index in [1.54, 1.807) is 6.07 Å². The van der Waals surface area contributed by atoms with Crippen LogP contribution in [0.5, 0.6) is 0 Å². The van der Waals surface area contributed by atoms with Crippen LogP contribution in [0.2, 0.25) is 0 Å². The van der Waals surface area contributed by atoms with Crippen LogP contribution in [0.1, 0.15) is 36.5 Å². The second-order valence-electron chi connectivity index (χ2n) is 6.76. The second kappa shape index (κ2) is 6.96. The molecule has 2 aromatic rings. The van der Waals surface area contributed by atoms with Crippen LogP contribution in [0.25, 0.3) is 0 Å². The van der Waals surface area contributed by atoms with E-state index in [0.717, 1.165) is 16.0 Å². The summed E-state index contributed by atoms with van der Waals surface area (Å²) in [6, 6.07) is 13.3.